The highest BCUT2D eigenvalue weighted by Gasteiger charge is 2.46. The molecule has 10 heteroatoms. The van der Waals surface area contributed by atoms with Crippen LogP contribution in [0.4, 0.5) is 8.78 Å². The summed E-state index contributed by atoms with van der Waals surface area (Å²) in [6, 6.07) is 10.7. The average molecular weight is 601 g/mol. The fraction of sp³-hybridized carbons (Fsp3) is 0.364. The largest absolute Gasteiger partial charge is 0.494 e. The smallest absolute Gasteiger partial charge is 0.251 e. The molecule has 43 heavy (non-hydrogen) atoms. The van der Waals surface area contributed by atoms with Gasteiger partial charge in [-0.1, -0.05) is 19.1 Å². The molecule has 3 aliphatic rings. The van der Waals surface area contributed by atoms with E-state index in [4.69, 9.17) is 14.5 Å². The Bertz CT molecular complexity index is 1930. The molecule has 2 fully saturated rings. The van der Waals surface area contributed by atoms with E-state index in [1.807, 2.05) is 11.4 Å². The number of pyridine rings is 1. The van der Waals surface area contributed by atoms with Crippen LogP contribution in [0.2, 0.25) is 0 Å². The number of hydrogen-bond donors (Lipinski definition) is 1. The van der Waals surface area contributed by atoms with Gasteiger partial charge in [-0.2, -0.15) is 5.10 Å². The molecule has 7 nitrogen and oxygen atoms in total. The van der Waals surface area contributed by atoms with E-state index in [2.05, 4.69) is 23.4 Å². The van der Waals surface area contributed by atoms with Crippen molar-refractivity contribution in [1.29, 1.82) is 0 Å². The molecule has 0 radical (unpaired) electrons. The SMILES string of the molecule is COc1cc(C(=O)NCC(c2cc3c(c(-c4csc5c(F)cccc45)n2)OCC3C)C2CC2)cc2cn(C3(F)CC3)nc12. The van der Waals surface area contributed by atoms with Crippen LogP contribution < -0.4 is 14.8 Å². The summed E-state index contributed by atoms with van der Waals surface area (Å²) in [7, 11) is 1.52. The molecule has 2 unspecified atom stereocenters. The first-order valence-electron chi connectivity index (χ1n) is 14.7. The molecule has 0 bridgehead atoms. The van der Waals surface area contributed by atoms with Crippen molar-refractivity contribution in [3.8, 4) is 22.8 Å². The lowest BCUT2D eigenvalue weighted by atomic mass is 9.93. The second-order valence-corrected chi connectivity index (χ2v) is 12.9. The lowest BCUT2D eigenvalue weighted by Crippen LogP contribution is -2.29. The molecule has 0 saturated heterocycles. The molecule has 1 amide bonds. The molecule has 2 atom stereocenters. The van der Waals surface area contributed by atoms with Gasteiger partial charge < -0.3 is 14.8 Å². The van der Waals surface area contributed by atoms with Crippen molar-refractivity contribution in [3.05, 3.63) is 70.6 Å². The van der Waals surface area contributed by atoms with Gasteiger partial charge in [0.2, 0.25) is 5.79 Å². The minimum atomic E-state index is -1.45. The number of thiophene rings is 1. The predicted octanol–water partition coefficient (Wildman–Crippen LogP) is 7.30. The van der Waals surface area contributed by atoms with Crippen LogP contribution >= 0.6 is 11.3 Å². The van der Waals surface area contributed by atoms with E-state index in [1.165, 1.54) is 29.2 Å². The zero-order valence-corrected chi connectivity index (χ0v) is 24.6. The molecule has 4 heterocycles. The number of rotatable bonds is 8. The molecule has 1 aliphatic heterocycles. The standard InChI is InChI=1S/C33H30F2N4O3S/c1-17-15-42-30-22(17)12-26(37-29(30)24-16-43-31-21(24)4-3-5-25(31)34)23(18-6-7-18)13-36-32(40)19-10-20-14-39(33(35)8-9-33)38-28(20)27(11-19)41-2/h3-5,10-12,14,16-18,23H,6-9,13,15H2,1-2H3,(H,36,40). The number of alkyl halides is 1. The van der Waals surface area contributed by atoms with Crippen LogP contribution in [-0.4, -0.2) is 40.9 Å². The first kappa shape index (κ1) is 26.6. The fourth-order valence-corrected chi connectivity index (χ4v) is 7.17. The summed E-state index contributed by atoms with van der Waals surface area (Å²) in [6.45, 7) is 3.12. The Morgan fingerprint density at radius 3 is 2.88 bits per heavy atom. The Balaban J connectivity index is 1.12. The quantitative estimate of drug-likeness (QED) is 0.202. The highest BCUT2D eigenvalue weighted by molar-refractivity contribution is 7.17. The van der Waals surface area contributed by atoms with Crippen molar-refractivity contribution in [2.75, 3.05) is 20.3 Å². The number of carbonyl (C=O) groups is 1. The third kappa shape index (κ3) is 4.45. The zero-order chi connectivity index (χ0) is 29.5. The molecule has 2 aromatic carbocycles. The molecule has 1 N–H and O–H groups in total. The van der Waals surface area contributed by atoms with E-state index in [0.717, 1.165) is 46.5 Å². The van der Waals surface area contributed by atoms with Crippen molar-refractivity contribution in [1.82, 2.24) is 20.1 Å². The van der Waals surface area contributed by atoms with Crippen LogP contribution in [0.25, 0.3) is 32.2 Å². The van der Waals surface area contributed by atoms with Gasteiger partial charge >= 0.3 is 0 Å². The number of fused-ring (bicyclic) bond motifs is 3. The number of hydrogen-bond acceptors (Lipinski definition) is 6. The van der Waals surface area contributed by atoms with E-state index in [0.29, 0.717) is 58.8 Å². The first-order chi connectivity index (χ1) is 20.8. The van der Waals surface area contributed by atoms with Gasteiger partial charge in [0, 0.05) is 76.0 Å². The molecule has 3 aromatic heterocycles. The number of nitrogens with zero attached hydrogens (tertiary/aromatic N) is 3. The Morgan fingerprint density at radius 2 is 2.12 bits per heavy atom. The number of benzene rings is 2. The highest BCUT2D eigenvalue weighted by atomic mass is 32.1. The summed E-state index contributed by atoms with van der Waals surface area (Å²) >= 11 is 1.37. The summed E-state index contributed by atoms with van der Waals surface area (Å²) in [5.41, 5.74) is 4.58. The Morgan fingerprint density at radius 1 is 1.28 bits per heavy atom. The number of ether oxygens (including phenoxy) is 2. The van der Waals surface area contributed by atoms with Crippen molar-refractivity contribution < 1.29 is 23.0 Å². The van der Waals surface area contributed by atoms with Crippen LogP contribution in [0.3, 0.4) is 0 Å². The van der Waals surface area contributed by atoms with Crippen molar-refractivity contribution in [3.63, 3.8) is 0 Å². The van der Waals surface area contributed by atoms with Gasteiger partial charge in [0.25, 0.3) is 5.91 Å². The monoisotopic (exact) mass is 600 g/mol. The normalized spacial score (nSPS) is 19.3. The molecule has 8 rings (SSSR count). The van der Waals surface area contributed by atoms with Gasteiger partial charge in [-0.05, 0) is 43.0 Å². The topological polar surface area (TPSA) is 78.3 Å². The van der Waals surface area contributed by atoms with E-state index >= 15 is 0 Å². The van der Waals surface area contributed by atoms with E-state index < -0.39 is 5.79 Å². The number of methoxy groups -OCH3 is 1. The maximum Gasteiger partial charge on any atom is 0.251 e. The molecule has 2 aliphatic carbocycles. The lowest BCUT2D eigenvalue weighted by Gasteiger charge is -2.20. The lowest BCUT2D eigenvalue weighted by molar-refractivity contribution is 0.0950. The molecule has 5 aromatic rings. The first-order valence-corrected chi connectivity index (χ1v) is 15.6. The van der Waals surface area contributed by atoms with Gasteiger partial charge in [-0.15, -0.1) is 11.3 Å². The minimum absolute atomic E-state index is 0.0112. The van der Waals surface area contributed by atoms with Gasteiger partial charge in [0.15, 0.2) is 0 Å². The second-order valence-electron chi connectivity index (χ2n) is 12.1. The van der Waals surface area contributed by atoms with Crippen LogP contribution in [0.15, 0.2) is 48.0 Å². The summed E-state index contributed by atoms with van der Waals surface area (Å²) in [5, 5.41) is 11.0. The zero-order valence-electron chi connectivity index (χ0n) is 23.8. The third-order valence-corrected chi connectivity index (χ3v) is 10.0. The molecule has 2 saturated carbocycles. The van der Waals surface area contributed by atoms with Crippen molar-refractivity contribution >= 4 is 38.2 Å². The third-order valence-electron chi connectivity index (χ3n) is 9.02. The van der Waals surface area contributed by atoms with Crippen molar-refractivity contribution in [2.45, 2.75) is 50.2 Å². The van der Waals surface area contributed by atoms with Gasteiger partial charge in [-0.3, -0.25) is 4.79 Å². The summed E-state index contributed by atoms with van der Waals surface area (Å²) < 4.78 is 42.9. The number of halogens is 2. The molecule has 220 valence electrons. The maximum absolute atomic E-state index is 14.7. The second kappa shape index (κ2) is 9.74. The average Bonchev–Trinajstić information content (AvgIpc) is 3.84. The Labute approximate surface area is 250 Å². The maximum atomic E-state index is 14.7. The molecular weight excluding hydrogens is 570 g/mol. The number of nitrogens with one attached hydrogen (secondary N) is 1. The van der Waals surface area contributed by atoms with Crippen LogP contribution in [0.1, 0.15) is 66.1 Å². The summed E-state index contributed by atoms with van der Waals surface area (Å²) in [5.74, 6) is -0.114. The molecular formula is C33H30F2N4O3S. The predicted molar refractivity (Wildman–Crippen MR) is 161 cm³/mol. The number of carbonyl (C=O) groups excluding carboxylic acids is 1. The van der Waals surface area contributed by atoms with Crippen LogP contribution in [0, 0.1) is 11.7 Å². The minimum Gasteiger partial charge on any atom is -0.494 e. The number of amides is 1. The Kier molecular flexibility index (Phi) is 6.02. The van der Waals surface area contributed by atoms with E-state index in [-0.39, 0.29) is 23.6 Å². The summed E-state index contributed by atoms with van der Waals surface area (Å²) in [4.78, 5) is 18.6. The number of aromatic nitrogens is 3. The summed E-state index contributed by atoms with van der Waals surface area (Å²) in [6.07, 6.45) is 4.65. The van der Waals surface area contributed by atoms with Crippen molar-refractivity contribution in [2.24, 2.45) is 5.92 Å². The van der Waals surface area contributed by atoms with Gasteiger partial charge in [-0.25, -0.2) is 18.4 Å². The van der Waals surface area contributed by atoms with Crippen LogP contribution in [-0.2, 0) is 5.79 Å². The van der Waals surface area contributed by atoms with E-state index in [1.54, 1.807) is 24.4 Å². The fourth-order valence-electron chi connectivity index (χ4n) is 6.21. The van der Waals surface area contributed by atoms with E-state index in [9.17, 15) is 13.6 Å². The molecule has 0 spiro atoms. The van der Waals surface area contributed by atoms with Crippen LogP contribution in [0.5, 0.6) is 11.5 Å². The van der Waals surface area contributed by atoms with Gasteiger partial charge in [0.05, 0.1) is 18.4 Å². The highest BCUT2D eigenvalue weighted by Crippen LogP contribution is 2.49. The Hall–Kier alpha value is -4.05. The van der Waals surface area contributed by atoms with Gasteiger partial charge in [0.1, 0.15) is 28.5 Å².